The summed E-state index contributed by atoms with van der Waals surface area (Å²) in [7, 11) is 1.59. The van der Waals surface area contributed by atoms with Gasteiger partial charge in [0.25, 0.3) is 0 Å². The molecule has 1 aromatic heterocycles. The summed E-state index contributed by atoms with van der Waals surface area (Å²) in [6.07, 6.45) is 2.49. The Morgan fingerprint density at radius 3 is 2.52 bits per heavy atom. The summed E-state index contributed by atoms with van der Waals surface area (Å²) in [5, 5.41) is 9.16. The SMILES string of the molecule is CN(C(=O)CCc1ccccn1)c1ccccc1C(=O)O. The molecule has 5 heteroatoms. The van der Waals surface area contributed by atoms with E-state index in [0.717, 1.165) is 5.69 Å². The monoisotopic (exact) mass is 284 g/mol. The second kappa shape index (κ2) is 6.65. The van der Waals surface area contributed by atoms with E-state index >= 15 is 0 Å². The Labute approximate surface area is 122 Å². The molecule has 0 fully saturated rings. The van der Waals surface area contributed by atoms with Crippen LogP contribution in [-0.2, 0) is 11.2 Å². The molecule has 1 amide bonds. The van der Waals surface area contributed by atoms with Crippen molar-refractivity contribution < 1.29 is 14.7 Å². The van der Waals surface area contributed by atoms with Crippen molar-refractivity contribution in [2.75, 3.05) is 11.9 Å². The number of carboxylic acids is 1. The molecule has 1 heterocycles. The van der Waals surface area contributed by atoms with Gasteiger partial charge in [-0.1, -0.05) is 18.2 Å². The van der Waals surface area contributed by atoms with Gasteiger partial charge in [0.05, 0.1) is 11.3 Å². The average Bonchev–Trinajstić information content (AvgIpc) is 2.52. The van der Waals surface area contributed by atoms with Gasteiger partial charge in [0.1, 0.15) is 0 Å². The van der Waals surface area contributed by atoms with E-state index in [2.05, 4.69) is 4.98 Å². The summed E-state index contributed by atoms with van der Waals surface area (Å²) in [5.74, 6) is -1.19. The van der Waals surface area contributed by atoms with E-state index in [-0.39, 0.29) is 17.9 Å². The van der Waals surface area contributed by atoms with Crippen LogP contribution in [0.3, 0.4) is 0 Å². The third-order valence-corrected chi connectivity index (χ3v) is 3.19. The minimum Gasteiger partial charge on any atom is -0.478 e. The lowest BCUT2D eigenvalue weighted by molar-refractivity contribution is -0.118. The lowest BCUT2D eigenvalue weighted by Gasteiger charge is -2.19. The van der Waals surface area contributed by atoms with E-state index in [1.807, 2.05) is 18.2 Å². The fourth-order valence-electron chi connectivity index (χ4n) is 2.03. The van der Waals surface area contributed by atoms with E-state index in [1.54, 1.807) is 31.4 Å². The van der Waals surface area contributed by atoms with Crippen molar-refractivity contribution in [1.82, 2.24) is 4.98 Å². The topological polar surface area (TPSA) is 70.5 Å². The predicted octanol–water partition coefficient (Wildman–Crippen LogP) is 2.38. The zero-order valence-corrected chi connectivity index (χ0v) is 11.7. The average molecular weight is 284 g/mol. The largest absolute Gasteiger partial charge is 0.478 e. The Bertz CT molecular complexity index is 641. The van der Waals surface area contributed by atoms with Crippen molar-refractivity contribution >= 4 is 17.6 Å². The van der Waals surface area contributed by atoms with Crippen molar-refractivity contribution in [3.8, 4) is 0 Å². The van der Waals surface area contributed by atoms with Crippen LogP contribution in [0, 0.1) is 0 Å². The number of carboxylic acid groups (broad SMARTS) is 1. The lowest BCUT2D eigenvalue weighted by Crippen LogP contribution is -2.28. The maximum Gasteiger partial charge on any atom is 0.337 e. The molecule has 0 saturated heterocycles. The second-order valence-corrected chi connectivity index (χ2v) is 4.60. The summed E-state index contributed by atoms with van der Waals surface area (Å²) >= 11 is 0. The molecule has 0 aliphatic rings. The Morgan fingerprint density at radius 1 is 1.14 bits per heavy atom. The summed E-state index contributed by atoms with van der Waals surface area (Å²) in [4.78, 5) is 28.9. The number of rotatable bonds is 5. The molecule has 108 valence electrons. The van der Waals surface area contributed by atoms with Crippen LogP contribution in [0.2, 0.25) is 0 Å². The first-order chi connectivity index (χ1) is 10.1. The predicted molar refractivity (Wildman–Crippen MR) is 79.4 cm³/mol. The van der Waals surface area contributed by atoms with Crippen molar-refractivity contribution in [2.24, 2.45) is 0 Å². The first-order valence-electron chi connectivity index (χ1n) is 6.58. The number of para-hydroxylation sites is 1. The van der Waals surface area contributed by atoms with E-state index < -0.39 is 5.97 Å². The highest BCUT2D eigenvalue weighted by Gasteiger charge is 2.17. The number of carbonyl (C=O) groups is 2. The van der Waals surface area contributed by atoms with Gasteiger partial charge in [-0.25, -0.2) is 4.79 Å². The molecule has 0 radical (unpaired) electrons. The molecule has 0 aliphatic heterocycles. The molecular weight excluding hydrogens is 268 g/mol. The summed E-state index contributed by atoms with van der Waals surface area (Å²) in [6, 6.07) is 12.0. The number of anilines is 1. The molecule has 0 atom stereocenters. The Morgan fingerprint density at radius 2 is 1.86 bits per heavy atom. The second-order valence-electron chi connectivity index (χ2n) is 4.60. The number of hydrogen-bond acceptors (Lipinski definition) is 3. The molecule has 2 aromatic rings. The van der Waals surface area contributed by atoms with E-state index in [9.17, 15) is 9.59 Å². The van der Waals surface area contributed by atoms with Crippen LogP contribution in [0.4, 0.5) is 5.69 Å². The van der Waals surface area contributed by atoms with Gasteiger partial charge in [0, 0.05) is 25.4 Å². The van der Waals surface area contributed by atoms with E-state index in [4.69, 9.17) is 5.11 Å². The van der Waals surface area contributed by atoms with Gasteiger partial charge in [-0.3, -0.25) is 9.78 Å². The van der Waals surface area contributed by atoms with E-state index in [0.29, 0.717) is 12.1 Å². The third kappa shape index (κ3) is 3.66. The van der Waals surface area contributed by atoms with Gasteiger partial charge in [-0.15, -0.1) is 0 Å². The van der Waals surface area contributed by atoms with Gasteiger partial charge in [0.2, 0.25) is 5.91 Å². The van der Waals surface area contributed by atoms with Crippen LogP contribution >= 0.6 is 0 Å². The number of aromatic nitrogens is 1. The molecule has 5 nitrogen and oxygen atoms in total. The van der Waals surface area contributed by atoms with Gasteiger partial charge < -0.3 is 10.0 Å². The number of carbonyl (C=O) groups excluding carboxylic acids is 1. The highest BCUT2D eigenvalue weighted by molar-refractivity contribution is 6.01. The molecular formula is C16H16N2O3. The minimum absolute atomic E-state index is 0.117. The minimum atomic E-state index is -1.05. The van der Waals surface area contributed by atoms with Gasteiger partial charge in [0.15, 0.2) is 0 Å². The maximum atomic E-state index is 12.2. The number of benzene rings is 1. The van der Waals surface area contributed by atoms with E-state index in [1.165, 1.54) is 11.0 Å². The number of aromatic carboxylic acids is 1. The number of amides is 1. The zero-order chi connectivity index (χ0) is 15.2. The van der Waals surface area contributed by atoms with Crippen LogP contribution in [0.25, 0.3) is 0 Å². The number of aryl methyl sites for hydroxylation is 1. The van der Waals surface area contributed by atoms with Crippen molar-refractivity contribution in [1.29, 1.82) is 0 Å². The third-order valence-electron chi connectivity index (χ3n) is 3.19. The van der Waals surface area contributed by atoms with Crippen molar-refractivity contribution in [3.05, 3.63) is 59.9 Å². The molecule has 0 bridgehead atoms. The van der Waals surface area contributed by atoms with Crippen LogP contribution in [0.1, 0.15) is 22.5 Å². The van der Waals surface area contributed by atoms with Gasteiger partial charge in [-0.2, -0.15) is 0 Å². The summed E-state index contributed by atoms with van der Waals surface area (Å²) in [5.41, 5.74) is 1.35. The Kier molecular flexibility index (Phi) is 4.66. The van der Waals surface area contributed by atoms with Gasteiger partial charge >= 0.3 is 5.97 Å². The molecule has 0 spiro atoms. The fourth-order valence-corrected chi connectivity index (χ4v) is 2.03. The zero-order valence-electron chi connectivity index (χ0n) is 11.7. The molecule has 1 N–H and O–H groups in total. The molecule has 21 heavy (non-hydrogen) atoms. The van der Waals surface area contributed by atoms with Crippen LogP contribution < -0.4 is 4.90 Å². The quantitative estimate of drug-likeness (QED) is 0.915. The van der Waals surface area contributed by atoms with Gasteiger partial charge in [-0.05, 0) is 30.7 Å². The standard InChI is InChI=1S/C16H16N2O3/c1-18(14-8-3-2-7-13(14)16(20)21)15(19)10-9-12-6-4-5-11-17-12/h2-8,11H,9-10H2,1H3,(H,20,21). The van der Waals surface area contributed by atoms with Crippen LogP contribution in [0.15, 0.2) is 48.7 Å². The molecule has 1 aromatic carbocycles. The Balaban J connectivity index is 2.08. The Hall–Kier alpha value is -2.69. The molecule has 0 unspecified atom stereocenters. The fraction of sp³-hybridized carbons (Fsp3) is 0.188. The maximum absolute atomic E-state index is 12.2. The highest BCUT2D eigenvalue weighted by Crippen LogP contribution is 2.20. The molecule has 0 aliphatic carbocycles. The van der Waals surface area contributed by atoms with Crippen molar-refractivity contribution in [3.63, 3.8) is 0 Å². The molecule has 0 saturated carbocycles. The van der Waals surface area contributed by atoms with Crippen LogP contribution in [-0.4, -0.2) is 29.0 Å². The van der Waals surface area contributed by atoms with Crippen molar-refractivity contribution in [2.45, 2.75) is 12.8 Å². The lowest BCUT2D eigenvalue weighted by atomic mass is 10.1. The molecule has 2 rings (SSSR count). The summed E-state index contributed by atoms with van der Waals surface area (Å²) in [6.45, 7) is 0. The summed E-state index contributed by atoms with van der Waals surface area (Å²) < 4.78 is 0. The first kappa shape index (κ1) is 14.7. The van der Waals surface area contributed by atoms with Crippen LogP contribution in [0.5, 0.6) is 0 Å². The number of pyridine rings is 1. The first-order valence-corrected chi connectivity index (χ1v) is 6.58. The number of hydrogen-bond donors (Lipinski definition) is 1. The number of nitrogens with zero attached hydrogens (tertiary/aromatic N) is 2. The normalized spacial score (nSPS) is 10.1. The smallest absolute Gasteiger partial charge is 0.337 e. The highest BCUT2D eigenvalue weighted by atomic mass is 16.4.